The minimum atomic E-state index is 0.538. The van der Waals surface area contributed by atoms with E-state index in [2.05, 4.69) is 58.2 Å². The molecule has 0 saturated carbocycles. The van der Waals surface area contributed by atoms with Gasteiger partial charge >= 0.3 is 0 Å². The zero-order chi connectivity index (χ0) is 18.1. The molecule has 0 fully saturated rings. The topological polar surface area (TPSA) is 48.0 Å². The molecule has 0 amide bonds. The maximum Gasteiger partial charge on any atom is 0.191 e. The maximum absolute atomic E-state index is 4.66. The molecule has 0 atom stereocenters. The molecule has 0 aliphatic heterocycles. The van der Waals surface area contributed by atoms with Gasteiger partial charge < -0.3 is 8.97 Å². The Balaban J connectivity index is 1.56. The van der Waals surface area contributed by atoms with Gasteiger partial charge in [-0.3, -0.25) is 0 Å². The van der Waals surface area contributed by atoms with Crippen molar-refractivity contribution in [3.8, 4) is 11.4 Å². The Kier molecular flexibility index (Phi) is 4.82. The van der Waals surface area contributed by atoms with Crippen molar-refractivity contribution in [1.29, 1.82) is 0 Å². The first kappa shape index (κ1) is 17.3. The van der Waals surface area contributed by atoms with Gasteiger partial charge in [-0.25, -0.2) is 4.98 Å². The van der Waals surface area contributed by atoms with Gasteiger partial charge in [-0.2, -0.15) is 0 Å². The second kappa shape index (κ2) is 7.25. The molecular weight excluding hydrogens is 362 g/mol. The Hall–Kier alpha value is -2.12. The molecule has 0 spiro atoms. The summed E-state index contributed by atoms with van der Waals surface area (Å²) in [7, 11) is 0. The molecule has 4 aromatic rings. The van der Waals surface area contributed by atoms with Crippen LogP contribution in [0.25, 0.3) is 17.0 Å². The highest BCUT2D eigenvalue weighted by Crippen LogP contribution is 2.31. The quantitative estimate of drug-likeness (QED) is 0.435. The number of hydrogen-bond acceptors (Lipinski definition) is 5. The molecule has 0 bridgehead atoms. The molecule has 0 radical (unpaired) electrons. The summed E-state index contributed by atoms with van der Waals surface area (Å²) in [5, 5.41) is 12.0. The monoisotopic (exact) mass is 383 g/mol. The Morgan fingerprint density at radius 2 is 2.12 bits per heavy atom. The predicted octanol–water partition coefficient (Wildman–Crippen LogP) is 5.09. The number of aromatic nitrogens is 5. The number of hydrogen-bond donors (Lipinski definition) is 0. The van der Waals surface area contributed by atoms with Gasteiger partial charge in [0.25, 0.3) is 0 Å². The minimum absolute atomic E-state index is 0.538. The molecule has 26 heavy (non-hydrogen) atoms. The molecule has 7 heteroatoms. The summed E-state index contributed by atoms with van der Waals surface area (Å²) in [4.78, 5) is 6.04. The smallest absolute Gasteiger partial charge is 0.191 e. The first-order chi connectivity index (χ1) is 12.7. The first-order valence-electron chi connectivity index (χ1n) is 8.73. The standard InChI is InChI=1S/C19H21N5S2/c1-4-24-18(14-9-16(13(2)3)25-11-14)21-22-19(24)26-12-15-10-23-8-6-5-7-17(23)20-15/h5-11,13H,4,12H2,1-3H3. The van der Waals surface area contributed by atoms with Crippen molar-refractivity contribution < 1.29 is 0 Å². The molecule has 0 aromatic carbocycles. The van der Waals surface area contributed by atoms with Crippen LogP contribution in [-0.2, 0) is 12.3 Å². The van der Waals surface area contributed by atoms with Crippen LogP contribution in [0, 0.1) is 0 Å². The Labute approximate surface area is 161 Å². The molecule has 4 heterocycles. The molecule has 5 nitrogen and oxygen atoms in total. The van der Waals surface area contributed by atoms with Gasteiger partial charge in [0.05, 0.1) is 5.69 Å². The summed E-state index contributed by atoms with van der Waals surface area (Å²) < 4.78 is 4.23. The number of thiophene rings is 1. The van der Waals surface area contributed by atoms with Crippen molar-refractivity contribution in [3.63, 3.8) is 0 Å². The van der Waals surface area contributed by atoms with E-state index in [9.17, 15) is 0 Å². The van der Waals surface area contributed by atoms with E-state index in [0.717, 1.165) is 40.2 Å². The van der Waals surface area contributed by atoms with E-state index in [1.165, 1.54) is 4.88 Å². The fraction of sp³-hybridized carbons (Fsp3) is 0.316. The zero-order valence-corrected chi connectivity index (χ0v) is 16.7. The Bertz CT molecular complexity index is 995. The van der Waals surface area contributed by atoms with Crippen LogP contribution in [0.1, 0.15) is 37.3 Å². The Morgan fingerprint density at radius 1 is 1.23 bits per heavy atom. The number of rotatable bonds is 6. The number of fused-ring (bicyclic) bond motifs is 1. The molecule has 0 unspecified atom stereocenters. The van der Waals surface area contributed by atoms with Gasteiger partial charge in [0.2, 0.25) is 0 Å². The number of nitrogens with zero attached hydrogens (tertiary/aromatic N) is 5. The third kappa shape index (κ3) is 3.29. The van der Waals surface area contributed by atoms with Crippen molar-refractivity contribution in [3.05, 3.63) is 52.6 Å². The van der Waals surface area contributed by atoms with Crippen molar-refractivity contribution in [2.45, 2.75) is 44.1 Å². The van der Waals surface area contributed by atoms with Crippen LogP contribution in [0.2, 0.25) is 0 Å². The zero-order valence-electron chi connectivity index (χ0n) is 15.1. The van der Waals surface area contributed by atoms with E-state index < -0.39 is 0 Å². The van der Waals surface area contributed by atoms with Crippen LogP contribution in [0.5, 0.6) is 0 Å². The second-order valence-electron chi connectivity index (χ2n) is 6.43. The predicted molar refractivity (Wildman–Crippen MR) is 108 cm³/mol. The van der Waals surface area contributed by atoms with Gasteiger partial charge in [0.1, 0.15) is 5.65 Å². The highest BCUT2D eigenvalue weighted by Gasteiger charge is 2.16. The largest absolute Gasteiger partial charge is 0.307 e. The van der Waals surface area contributed by atoms with Gasteiger partial charge in [-0.15, -0.1) is 21.5 Å². The number of thioether (sulfide) groups is 1. The highest BCUT2D eigenvalue weighted by atomic mass is 32.2. The van der Waals surface area contributed by atoms with Gasteiger partial charge in [0.15, 0.2) is 11.0 Å². The highest BCUT2D eigenvalue weighted by molar-refractivity contribution is 7.98. The minimum Gasteiger partial charge on any atom is -0.307 e. The average Bonchev–Trinajstić information content (AvgIpc) is 3.35. The normalized spacial score (nSPS) is 11.7. The van der Waals surface area contributed by atoms with Gasteiger partial charge in [-0.1, -0.05) is 31.7 Å². The average molecular weight is 384 g/mol. The fourth-order valence-electron chi connectivity index (χ4n) is 2.86. The van der Waals surface area contributed by atoms with E-state index in [1.807, 2.05) is 28.8 Å². The lowest BCUT2D eigenvalue weighted by Crippen LogP contribution is -1.99. The summed E-state index contributed by atoms with van der Waals surface area (Å²) in [6, 6.07) is 8.27. The summed E-state index contributed by atoms with van der Waals surface area (Å²) in [6.45, 7) is 7.42. The van der Waals surface area contributed by atoms with E-state index >= 15 is 0 Å². The third-order valence-electron chi connectivity index (χ3n) is 4.24. The van der Waals surface area contributed by atoms with Crippen LogP contribution < -0.4 is 0 Å². The van der Waals surface area contributed by atoms with E-state index in [-0.39, 0.29) is 0 Å². The summed E-state index contributed by atoms with van der Waals surface area (Å²) in [6.07, 6.45) is 4.09. The lowest BCUT2D eigenvalue weighted by Gasteiger charge is -2.05. The number of pyridine rings is 1. The van der Waals surface area contributed by atoms with Crippen LogP contribution in [0.4, 0.5) is 0 Å². The second-order valence-corrected chi connectivity index (χ2v) is 8.32. The summed E-state index contributed by atoms with van der Waals surface area (Å²) >= 11 is 3.48. The SMILES string of the molecule is CCn1c(SCc2cn3ccccc3n2)nnc1-c1csc(C(C)C)c1. The van der Waals surface area contributed by atoms with E-state index in [0.29, 0.717) is 5.92 Å². The van der Waals surface area contributed by atoms with Crippen LogP contribution in [0.3, 0.4) is 0 Å². The molecule has 0 aliphatic carbocycles. The maximum atomic E-state index is 4.66. The van der Waals surface area contributed by atoms with Crippen molar-refractivity contribution in [1.82, 2.24) is 24.1 Å². The van der Waals surface area contributed by atoms with Crippen molar-refractivity contribution >= 4 is 28.7 Å². The lowest BCUT2D eigenvalue weighted by molar-refractivity contribution is 0.687. The Morgan fingerprint density at radius 3 is 2.85 bits per heavy atom. The van der Waals surface area contributed by atoms with Crippen LogP contribution >= 0.6 is 23.1 Å². The molecule has 134 valence electrons. The summed E-state index contributed by atoms with van der Waals surface area (Å²) in [5.74, 6) is 2.27. The molecule has 0 aliphatic rings. The molecular formula is C19H21N5S2. The van der Waals surface area contributed by atoms with Crippen molar-refractivity contribution in [2.75, 3.05) is 0 Å². The molecule has 0 saturated heterocycles. The molecule has 4 aromatic heterocycles. The first-order valence-corrected chi connectivity index (χ1v) is 10.6. The number of imidazole rings is 1. The van der Waals surface area contributed by atoms with Crippen LogP contribution in [-0.4, -0.2) is 24.1 Å². The van der Waals surface area contributed by atoms with Gasteiger partial charge in [-0.05, 0) is 31.0 Å². The fourth-order valence-corrected chi connectivity index (χ4v) is 4.65. The van der Waals surface area contributed by atoms with Gasteiger partial charge in [0, 0.05) is 40.5 Å². The van der Waals surface area contributed by atoms with E-state index in [1.54, 1.807) is 23.1 Å². The molecule has 0 N–H and O–H groups in total. The van der Waals surface area contributed by atoms with Crippen molar-refractivity contribution in [2.24, 2.45) is 0 Å². The van der Waals surface area contributed by atoms with Crippen LogP contribution in [0.15, 0.2) is 47.2 Å². The molecule has 4 rings (SSSR count). The summed E-state index contributed by atoms with van der Waals surface area (Å²) in [5.41, 5.74) is 3.18. The lowest BCUT2D eigenvalue weighted by atomic mass is 10.1. The van der Waals surface area contributed by atoms with E-state index in [4.69, 9.17) is 0 Å². The third-order valence-corrected chi connectivity index (χ3v) is 6.48.